The first kappa shape index (κ1) is 14.5. The fourth-order valence-electron chi connectivity index (χ4n) is 1.47. The molecule has 18 heavy (non-hydrogen) atoms. The highest BCUT2D eigenvalue weighted by molar-refractivity contribution is 6.35. The third-order valence-corrected chi connectivity index (χ3v) is 2.63. The van der Waals surface area contributed by atoms with Gasteiger partial charge in [-0.2, -0.15) is 0 Å². The van der Waals surface area contributed by atoms with E-state index in [0.717, 1.165) is 0 Å². The second-order valence-corrected chi connectivity index (χ2v) is 4.51. The highest BCUT2D eigenvalue weighted by Gasteiger charge is 2.16. The Kier molecular flexibility index (Phi) is 5.15. The molecule has 1 rings (SSSR count). The quantitative estimate of drug-likeness (QED) is 0.837. The van der Waals surface area contributed by atoms with E-state index in [-0.39, 0.29) is 29.3 Å². The summed E-state index contributed by atoms with van der Waals surface area (Å²) in [7, 11) is 0. The van der Waals surface area contributed by atoms with E-state index in [1.54, 1.807) is 4.90 Å². The van der Waals surface area contributed by atoms with Crippen LogP contribution in [-0.2, 0) is 4.79 Å². The molecular weight excluding hydrogens is 254 g/mol. The van der Waals surface area contributed by atoms with Gasteiger partial charge in [0.05, 0.1) is 6.54 Å². The molecule has 0 radical (unpaired) electrons. The number of nitrogens with two attached hydrogens (primary N) is 1. The van der Waals surface area contributed by atoms with Crippen molar-refractivity contribution < 1.29 is 4.79 Å². The maximum absolute atomic E-state index is 11.7. The van der Waals surface area contributed by atoms with Gasteiger partial charge in [-0.25, -0.2) is 9.97 Å². The van der Waals surface area contributed by atoms with E-state index in [1.807, 2.05) is 20.8 Å². The molecule has 0 aromatic carbocycles. The number of rotatable bonds is 5. The lowest BCUT2D eigenvalue weighted by Crippen LogP contribution is -2.40. The summed E-state index contributed by atoms with van der Waals surface area (Å²) in [4.78, 5) is 21.3. The Morgan fingerprint density at radius 1 is 1.56 bits per heavy atom. The number of hydrogen-bond donors (Lipinski definition) is 2. The van der Waals surface area contributed by atoms with Crippen LogP contribution < -0.4 is 16.0 Å². The van der Waals surface area contributed by atoms with Gasteiger partial charge in [0.15, 0.2) is 5.82 Å². The van der Waals surface area contributed by atoms with E-state index < -0.39 is 0 Å². The average molecular weight is 272 g/mol. The maximum atomic E-state index is 11.7. The Hall–Kier alpha value is -1.56. The number of nitrogen functional groups attached to an aromatic ring is 1. The van der Waals surface area contributed by atoms with Gasteiger partial charge in [-0.15, -0.1) is 0 Å². The van der Waals surface area contributed by atoms with Crippen LogP contribution in [0, 0.1) is 0 Å². The van der Waals surface area contributed by atoms with Crippen LogP contribution in [0.3, 0.4) is 0 Å². The van der Waals surface area contributed by atoms with Crippen LogP contribution in [0.15, 0.2) is 6.33 Å². The molecule has 0 bridgehead atoms. The first-order chi connectivity index (χ1) is 8.45. The molecule has 0 fully saturated rings. The van der Waals surface area contributed by atoms with Crippen LogP contribution in [-0.4, -0.2) is 35.0 Å². The van der Waals surface area contributed by atoms with Crippen LogP contribution >= 0.6 is 11.6 Å². The maximum Gasteiger partial charge on any atom is 0.239 e. The smallest absolute Gasteiger partial charge is 0.239 e. The van der Waals surface area contributed by atoms with Crippen molar-refractivity contribution in [2.24, 2.45) is 0 Å². The first-order valence-electron chi connectivity index (χ1n) is 5.76. The Bertz CT molecular complexity index is 424. The molecule has 0 aliphatic carbocycles. The molecule has 0 saturated heterocycles. The third-order valence-electron chi connectivity index (χ3n) is 2.26. The highest BCUT2D eigenvalue weighted by Crippen LogP contribution is 2.26. The summed E-state index contributed by atoms with van der Waals surface area (Å²) < 4.78 is 0. The fraction of sp³-hybridized carbons (Fsp3) is 0.545. The van der Waals surface area contributed by atoms with Crippen LogP contribution in [0.4, 0.5) is 11.6 Å². The molecule has 1 heterocycles. The molecule has 1 amide bonds. The van der Waals surface area contributed by atoms with E-state index in [1.165, 1.54) is 6.33 Å². The van der Waals surface area contributed by atoms with Crippen LogP contribution in [0.5, 0.6) is 0 Å². The Morgan fingerprint density at radius 3 is 2.78 bits per heavy atom. The van der Waals surface area contributed by atoms with Crippen molar-refractivity contribution in [3.63, 3.8) is 0 Å². The molecule has 3 N–H and O–H groups in total. The molecule has 0 saturated carbocycles. The average Bonchev–Trinajstić information content (AvgIpc) is 2.29. The summed E-state index contributed by atoms with van der Waals surface area (Å²) in [5, 5.41) is 3.09. The summed E-state index contributed by atoms with van der Waals surface area (Å²) in [6.45, 7) is 6.51. The molecule has 1 aromatic heterocycles. The standard InChI is InChI=1S/C11H18ClN5O/c1-4-17(5-8(18)16-7(2)3)11-9(12)10(13)14-6-15-11/h6-7H,4-5H2,1-3H3,(H,16,18)(H2,13,14,15). The van der Waals surface area contributed by atoms with Crippen molar-refractivity contribution in [3.05, 3.63) is 11.3 Å². The minimum absolute atomic E-state index is 0.0832. The molecule has 7 heteroatoms. The molecule has 0 aliphatic rings. The van der Waals surface area contributed by atoms with Gasteiger partial charge in [-0.1, -0.05) is 11.6 Å². The van der Waals surface area contributed by atoms with Crippen molar-refractivity contribution in [2.45, 2.75) is 26.8 Å². The number of nitrogens with zero attached hydrogens (tertiary/aromatic N) is 3. The third kappa shape index (κ3) is 3.73. The SMILES string of the molecule is CCN(CC(=O)NC(C)C)c1ncnc(N)c1Cl. The van der Waals surface area contributed by atoms with Gasteiger partial charge in [-0.05, 0) is 20.8 Å². The first-order valence-corrected chi connectivity index (χ1v) is 6.13. The van der Waals surface area contributed by atoms with Gasteiger partial charge >= 0.3 is 0 Å². The van der Waals surface area contributed by atoms with Crippen molar-refractivity contribution in [1.29, 1.82) is 0 Å². The van der Waals surface area contributed by atoms with Gasteiger partial charge in [0.2, 0.25) is 5.91 Å². The van der Waals surface area contributed by atoms with E-state index in [2.05, 4.69) is 15.3 Å². The van der Waals surface area contributed by atoms with Gasteiger partial charge in [0.25, 0.3) is 0 Å². The van der Waals surface area contributed by atoms with Gasteiger partial charge in [0, 0.05) is 12.6 Å². The molecule has 0 spiro atoms. The Morgan fingerprint density at radius 2 is 2.22 bits per heavy atom. The van der Waals surface area contributed by atoms with E-state index in [4.69, 9.17) is 17.3 Å². The predicted octanol–water partition coefficient (Wildman–Crippen LogP) is 1.06. The molecule has 0 atom stereocenters. The number of hydrogen-bond acceptors (Lipinski definition) is 5. The van der Waals surface area contributed by atoms with Gasteiger partial charge in [-0.3, -0.25) is 4.79 Å². The molecule has 6 nitrogen and oxygen atoms in total. The van der Waals surface area contributed by atoms with Gasteiger partial charge < -0.3 is 16.0 Å². The number of carbonyl (C=O) groups is 1. The zero-order valence-corrected chi connectivity index (χ0v) is 11.5. The van der Waals surface area contributed by atoms with E-state index >= 15 is 0 Å². The van der Waals surface area contributed by atoms with E-state index in [9.17, 15) is 4.79 Å². The minimum Gasteiger partial charge on any atom is -0.382 e. The summed E-state index contributed by atoms with van der Waals surface area (Å²) in [5.41, 5.74) is 5.61. The number of aromatic nitrogens is 2. The molecule has 1 aromatic rings. The molecule has 100 valence electrons. The summed E-state index contributed by atoms with van der Waals surface area (Å²) in [5.74, 6) is 0.607. The van der Waals surface area contributed by atoms with Crippen LogP contribution in [0.2, 0.25) is 5.02 Å². The summed E-state index contributed by atoms with van der Waals surface area (Å²) >= 11 is 6.03. The number of carbonyl (C=O) groups excluding carboxylic acids is 1. The van der Waals surface area contributed by atoms with Crippen molar-refractivity contribution in [2.75, 3.05) is 23.7 Å². The van der Waals surface area contributed by atoms with Gasteiger partial charge in [0.1, 0.15) is 17.2 Å². The lowest BCUT2D eigenvalue weighted by atomic mass is 10.3. The zero-order valence-electron chi connectivity index (χ0n) is 10.8. The largest absolute Gasteiger partial charge is 0.382 e. The summed E-state index contributed by atoms with van der Waals surface area (Å²) in [6, 6.07) is 0.0992. The minimum atomic E-state index is -0.0832. The monoisotopic (exact) mass is 271 g/mol. The number of amides is 1. The van der Waals surface area contributed by atoms with Crippen molar-refractivity contribution in [3.8, 4) is 0 Å². The second kappa shape index (κ2) is 6.39. The number of likely N-dealkylation sites (N-methyl/N-ethyl adjacent to an activating group) is 1. The topological polar surface area (TPSA) is 84.1 Å². The zero-order chi connectivity index (χ0) is 13.7. The highest BCUT2D eigenvalue weighted by atomic mass is 35.5. The lowest BCUT2D eigenvalue weighted by Gasteiger charge is -2.23. The van der Waals surface area contributed by atoms with E-state index in [0.29, 0.717) is 12.4 Å². The molecule has 0 unspecified atom stereocenters. The number of anilines is 2. The fourth-order valence-corrected chi connectivity index (χ4v) is 1.69. The van der Waals surface area contributed by atoms with Crippen LogP contribution in [0.1, 0.15) is 20.8 Å². The van der Waals surface area contributed by atoms with Crippen LogP contribution in [0.25, 0.3) is 0 Å². The normalized spacial score (nSPS) is 10.5. The second-order valence-electron chi connectivity index (χ2n) is 4.13. The van der Waals surface area contributed by atoms with Crippen molar-refractivity contribution >= 4 is 29.1 Å². The summed E-state index contributed by atoms with van der Waals surface area (Å²) in [6.07, 6.45) is 1.33. The lowest BCUT2D eigenvalue weighted by molar-refractivity contribution is -0.120. The predicted molar refractivity (Wildman–Crippen MR) is 72.6 cm³/mol. The number of nitrogens with one attached hydrogen (secondary N) is 1. The Balaban J connectivity index is 2.83. The van der Waals surface area contributed by atoms with Crippen molar-refractivity contribution in [1.82, 2.24) is 15.3 Å². The molecule has 0 aliphatic heterocycles. The number of halogens is 1. The Labute approximate surface area is 112 Å². The molecular formula is C11H18ClN5O.